The molecule has 0 aliphatic rings. The van der Waals surface area contributed by atoms with E-state index in [-0.39, 0.29) is 5.56 Å². The molecule has 0 fully saturated rings. The summed E-state index contributed by atoms with van der Waals surface area (Å²) in [5.74, 6) is 0. The monoisotopic (exact) mass is 391 g/mol. The highest BCUT2D eigenvalue weighted by molar-refractivity contribution is 14.1. The van der Waals surface area contributed by atoms with Gasteiger partial charge in [-0.3, -0.25) is 9.78 Å². The van der Waals surface area contributed by atoms with Crippen molar-refractivity contribution in [2.24, 2.45) is 0 Å². The van der Waals surface area contributed by atoms with E-state index < -0.39 is 0 Å². The Balaban J connectivity index is 2.27. The third kappa shape index (κ3) is 2.88. The number of halogens is 2. The van der Waals surface area contributed by atoms with Gasteiger partial charge in [0.1, 0.15) is 0 Å². The average Bonchev–Trinajstić information content (AvgIpc) is 2.25. The highest BCUT2D eigenvalue weighted by Gasteiger charge is 2.01. The molecule has 0 amide bonds. The summed E-state index contributed by atoms with van der Waals surface area (Å²) in [5, 5.41) is 4.04. The molecule has 2 aromatic rings. The minimum Gasteiger partial charge on any atom is -0.268 e. The Morgan fingerprint density at radius 1 is 1.38 bits per heavy atom. The van der Waals surface area contributed by atoms with E-state index in [2.05, 4.69) is 48.6 Å². The number of rotatable bonds is 2. The first-order valence-electron chi connectivity index (χ1n) is 4.48. The van der Waals surface area contributed by atoms with Gasteiger partial charge in [-0.15, -0.1) is 0 Å². The van der Waals surface area contributed by atoms with E-state index in [1.807, 2.05) is 12.1 Å². The van der Waals surface area contributed by atoms with Gasteiger partial charge < -0.3 is 0 Å². The smallest absolute Gasteiger partial charge is 0.268 e. The molecule has 0 atom stereocenters. The number of hydrogen-bond donors (Lipinski definition) is 0. The van der Waals surface area contributed by atoms with Crippen molar-refractivity contribution in [1.82, 2.24) is 14.8 Å². The van der Waals surface area contributed by atoms with Crippen LogP contribution < -0.4 is 5.56 Å². The summed E-state index contributed by atoms with van der Waals surface area (Å²) in [7, 11) is 0. The van der Waals surface area contributed by atoms with Crippen LogP contribution in [0.4, 0.5) is 0 Å². The number of pyridine rings is 1. The van der Waals surface area contributed by atoms with Crippen LogP contribution in [-0.4, -0.2) is 14.8 Å². The molecule has 0 aromatic carbocycles. The van der Waals surface area contributed by atoms with Crippen LogP contribution in [0.25, 0.3) is 0 Å². The van der Waals surface area contributed by atoms with E-state index in [1.54, 1.807) is 18.5 Å². The lowest BCUT2D eigenvalue weighted by Crippen LogP contribution is -2.23. The molecule has 4 nitrogen and oxygen atoms in total. The Morgan fingerprint density at radius 2 is 2.19 bits per heavy atom. The second kappa shape index (κ2) is 5.05. The van der Waals surface area contributed by atoms with Gasteiger partial charge in [-0.05, 0) is 50.7 Å². The molecule has 2 aromatic heterocycles. The average molecular weight is 392 g/mol. The van der Waals surface area contributed by atoms with Crippen LogP contribution in [0.15, 0.2) is 39.9 Å². The summed E-state index contributed by atoms with van der Waals surface area (Å²) < 4.78 is 3.14. The third-order valence-corrected chi connectivity index (χ3v) is 3.00. The van der Waals surface area contributed by atoms with Crippen LogP contribution >= 0.6 is 38.5 Å². The number of hydrogen-bond acceptors (Lipinski definition) is 3. The fraction of sp³-hybridized carbons (Fsp3) is 0.100. The molecule has 0 saturated carbocycles. The molecule has 0 spiro atoms. The lowest BCUT2D eigenvalue weighted by Gasteiger charge is -2.03. The molecule has 0 radical (unpaired) electrons. The minimum atomic E-state index is -0.114. The first kappa shape index (κ1) is 11.7. The summed E-state index contributed by atoms with van der Waals surface area (Å²) in [4.78, 5) is 15.8. The SMILES string of the molecule is O=c1cc(I)cnn1Cc1ccc(Br)cn1. The highest BCUT2D eigenvalue weighted by atomic mass is 127. The Hall–Kier alpha value is -0.760. The summed E-state index contributed by atoms with van der Waals surface area (Å²) >= 11 is 5.37. The minimum absolute atomic E-state index is 0.114. The molecule has 0 unspecified atom stereocenters. The Kier molecular flexibility index (Phi) is 3.70. The number of aromatic nitrogens is 3. The molecule has 0 aliphatic carbocycles. The van der Waals surface area contributed by atoms with Crippen molar-refractivity contribution in [1.29, 1.82) is 0 Å². The van der Waals surface area contributed by atoms with Gasteiger partial charge >= 0.3 is 0 Å². The quantitative estimate of drug-likeness (QED) is 0.736. The standard InChI is InChI=1S/C10H7BrIN3O/c11-7-1-2-9(13-4-7)6-15-10(16)3-8(12)5-14-15/h1-5H,6H2. The van der Waals surface area contributed by atoms with E-state index in [4.69, 9.17) is 0 Å². The molecular weight excluding hydrogens is 385 g/mol. The van der Waals surface area contributed by atoms with Gasteiger partial charge in [0.05, 0.1) is 18.4 Å². The Morgan fingerprint density at radius 3 is 2.81 bits per heavy atom. The largest absolute Gasteiger partial charge is 0.268 e. The zero-order chi connectivity index (χ0) is 11.5. The van der Waals surface area contributed by atoms with Crippen molar-refractivity contribution >= 4 is 38.5 Å². The van der Waals surface area contributed by atoms with Gasteiger partial charge in [0.2, 0.25) is 0 Å². The van der Waals surface area contributed by atoms with Gasteiger partial charge in [-0.25, -0.2) is 4.68 Å². The van der Waals surface area contributed by atoms with E-state index >= 15 is 0 Å². The second-order valence-electron chi connectivity index (χ2n) is 3.14. The van der Waals surface area contributed by atoms with Crippen LogP contribution in [0.1, 0.15) is 5.69 Å². The van der Waals surface area contributed by atoms with Crippen molar-refractivity contribution in [3.8, 4) is 0 Å². The Labute approximate surface area is 114 Å². The van der Waals surface area contributed by atoms with E-state index in [0.29, 0.717) is 6.54 Å². The van der Waals surface area contributed by atoms with Gasteiger partial charge in [-0.1, -0.05) is 0 Å². The molecule has 2 rings (SSSR count). The predicted octanol–water partition coefficient (Wildman–Crippen LogP) is 2.05. The van der Waals surface area contributed by atoms with Crippen LogP contribution in [0, 0.1) is 3.57 Å². The Bertz CT molecular complexity index is 553. The predicted molar refractivity (Wildman–Crippen MR) is 72.3 cm³/mol. The van der Waals surface area contributed by atoms with Crippen molar-refractivity contribution < 1.29 is 0 Å². The van der Waals surface area contributed by atoms with Crippen molar-refractivity contribution in [3.63, 3.8) is 0 Å². The van der Waals surface area contributed by atoms with Gasteiger partial charge in [0.25, 0.3) is 5.56 Å². The maximum Gasteiger partial charge on any atom is 0.268 e. The summed E-state index contributed by atoms with van der Waals surface area (Å²) in [6.45, 7) is 0.392. The van der Waals surface area contributed by atoms with E-state index in [1.165, 1.54) is 4.68 Å². The molecule has 2 heterocycles. The lowest BCUT2D eigenvalue weighted by molar-refractivity contribution is 0.625. The zero-order valence-corrected chi connectivity index (χ0v) is 11.8. The highest BCUT2D eigenvalue weighted by Crippen LogP contribution is 2.07. The molecule has 0 aliphatic heterocycles. The summed E-state index contributed by atoms with van der Waals surface area (Å²) in [6.07, 6.45) is 3.36. The van der Waals surface area contributed by atoms with Crippen molar-refractivity contribution in [3.05, 3.63) is 54.7 Å². The van der Waals surface area contributed by atoms with Crippen LogP contribution in [-0.2, 0) is 6.54 Å². The normalized spacial score (nSPS) is 10.4. The maximum absolute atomic E-state index is 11.6. The van der Waals surface area contributed by atoms with Crippen LogP contribution in [0.5, 0.6) is 0 Å². The molecular formula is C10H7BrIN3O. The number of nitrogens with zero attached hydrogens (tertiary/aromatic N) is 3. The first-order chi connectivity index (χ1) is 7.65. The fourth-order valence-corrected chi connectivity index (χ4v) is 1.81. The molecule has 16 heavy (non-hydrogen) atoms. The van der Waals surface area contributed by atoms with Crippen molar-refractivity contribution in [2.75, 3.05) is 0 Å². The summed E-state index contributed by atoms with van der Waals surface area (Å²) in [6, 6.07) is 5.29. The maximum atomic E-state index is 11.6. The topological polar surface area (TPSA) is 47.8 Å². The third-order valence-electron chi connectivity index (χ3n) is 1.94. The van der Waals surface area contributed by atoms with E-state index in [0.717, 1.165) is 13.7 Å². The van der Waals surface area contributed by atoms with Gasteiger partial charge in [0, 0.05) is 20.3 Å². The van der Waals surface area contributed by atoms with Gasteiger partial charge in [-0.2, -0.15) is 5.10 Å². The first-order valence-corrected chi connectivity index (χ1v) is 6.35. The lowest BCUT2D eigenvalue weighted by atomic mass is 10.3. The molecule has 0 saturated heterocycles. The van der Waals surface area contributed by atoms with E-state index in [9.17, 15) is 4.79 Å². The van der Waals surface area contributed by atoms with Crippen LogP contribution in [0.3, 0.4) is 0 Å². The molecule has 0 bridgehead atoms. The van der Waals surface area contributed by atoms with Gasteiger partial charge in [0.15, 0.2) is 0 Å². The molecule has 6 heteroatoms. The second-order valence-corrected chi connectivity index (χ2v) is 5.30. The summed E-state index contributed by atoms with van der Waals surface area (Å²) in [5.41, 5.74) is 0.690. The van der Waals surface area contributed by atoms with Crippen molar-refractivity contribution in [2.45, 2.75) is 6.54 Å². The fourth-order valence-electron chi connectivity index (χ4n) is 1.18. The zero-order valence-electron chi connectivity index (χ0n) is 8.10. The van der Waals surface area contributed by atoms with Crippen LogP contribution in [0.2, 0.25) is 0 Å². The molecule has 0 N–H and O–H groups in total. The molecule has 82 valence electrons.